The summed E-state index contributed by atoms with van der Waals surface area (Å²) in [6.07, 6.45) is 2.08. The number of fused-ring (bicyclic) bond motifs is 1. The molecule has 0 aliphatic rings. The van der Waals surface area contributed by atoms with Crippen LogP contribution in [0.3, 0.4) is 0 Å². The summed E-state index contributed by atoms with van der Waals surface area (Å²) < 4.78 is 16.7. The summed E-state index contributed by atoms with van der Waals surface area (Å²) in [6.45, 7) is 5.11. The van der Waals surface area contributed by atoms with Gasteiger partial charge < -0.3 is 9.55 Å². The van der Waals surface area contributed by atoms with E-state index < -0.39 is 0 Å². The molecule has 2 nitrogen and oxygen atoms in total. The van der Waals surface area contributed by atoms with Gasteiger partial charge in [-0.15, -0.1) is 0 Å². The average Bonchev–Trinajstić information content (AvgIpc) is 2.57. The number of imidazole rings is 1. The molecule has 0 saturated carbocycles. The number of H-pyrrole nitrogens is 1. The van der Waals surface area contributed by atoms with E-state index in [-0.39, 0.29) is 10.6 Å². The molecule has 1 aromatic carbocycles. The largest absolute Gasteiger partial charge is 0.330 e. The number of thioether (sulfide) groups is 1. The lowest BCUT2D eigenvalue weighted by molar-refractivity contribution is 0.574. The third-order valence-electron chi connectivity index (χ3n) is 2.91. The number of nitrogens with zero attached hydrogens (tertiary/aromatic N) is 1. The molecule has 0 aliphatic carbocycles. The quantitative estimate of drug-likeness (QED) is 0.808. The maximum Gasteiger partial charge on any atom is 0.178 e. The van der Waals surface area contributed by atoms with Crippen molar-refractivity contribution in [3.63, 3.8) is 0 Å². The van der Waals surface area contributed by atoms with E-state index >= 15 is 0 Å². The van der Waals surface area contributed by atoms with Crippen LogP contribution in [0.2, 0.25) is 0 Å². The van der Waals surface area contributed by atoms with Crippen molar-refractivity contribution in [1.29, 1.82) is 0 Å². The number of aromatic nitrogens is 2. The minimum atomic E-state index is -0.282. The van der Waals surface area contributed by atoms with Gasteiger partial charge in [0.1, 0.15) is 5.82 Å². The van der Waals surface area contributed by atoms with E-state index in [1.807, 2.05) is 4.57 Å². The zero-order chi connectivity index (χ0) is 13.5. The normalized spacial score (nSPS) is 12.3. The van der Waals surface area contributed by atoms with Crippen molar-refractivity contribution in [1.82, 2.24) is 9.55 Å². The Balaban J connectivity index is 2.60. The van der Waals surface area contributed by atoms with Crippen molar-refractivity contribution in [2.24, 2.45) is 0 Å². The average molecular weight is 349 g/mol. The highest BCUT2D eigenvalue weighted by molar-refractivity contribution is 9.10. The third kappa shape index (κ3) is 2.65. The van der Waals surface area contributed by atoms with Gasteiger partial charge >= 0.3 is 0 Å². The van der Waals surface area contributed by atoms with Gasteiger partial charge in [-0.2, -0.15) is 11.8 Å². The molecule has 2 aromatic rings. The smallest absolute Gasteiger partial charge is 0.178 e. The van der Waals surface area contributed by atoms with Crippen LogP contribution in [0.1, 0.15) is 13.8 Å². The van der Waals surface area contributed by atoms with Crippen LogP contribution < -0.4 is 0 Å². The van der Waals surface area contributed by atoms with Gasteiger partial charge in [0.05, 0.1) is 15.5 Å². The van der Waals surface area contributed by atoms with E-state index in [1.165, 1.54) is 6.07 Å². The van der Waals surface area contributed by atoms with Gasteiger partial charge in [-0.3, -0.25) is 0 Å². The fourth-order valence-corrected chi connectivity index (χ4v) is 2.62. The summed E-state index contributed by atoms with van der Waals surface area (Å²) in [5.41, 5.74) is 1.66. The summed E-state index contributed by atoms with van der Waals surface area (Å²) in [4.78, 5) is 3.05. The molecule has 0 amide bonds. The molecule has 0 bridgehead atoms. The minimum Gasteiger partial charge on any atom is -0.330 e. The molecule has 18 heavy (non-hydrogen) atoms. The second-order valence-corrected chi connectivity index (χ2v) is 7.52. The molecule has 6 heteroatoms. The monoisotopic (exact) mass is 348 g/mol. The number of benzene rings is 1. The zero-order valence-corrected chi connectivity index (χ0v) is 13.6. The molecular formula is C12H14BrFN2S2. The summed E-state index contributed by atoms with van der Waals surface area (Å²) >= 11 is 10.3. The number of aromatic amines is 1. The Kier molecular flexibility index (Phi) is 3.90. The molecule has 0 unspecified atom stereocenters. The number of halogens is 2. The summed E-state index contributed by atoms with van der Waals surface area (Å²) in [6, 6.07) is 3.24. The summed E-state index contributed by atoms with van der Waals surface area (Å²) in [5.74, 6) is -0.282. The van der Waals surface area contributed by atoms with Crippen molar-refractivity contribution in [3.05, 3.63) is 27.2 Å². The van der Waals surface area contributed by atoms with Crippen LogP contribution in [0.4, 0.5) is 4.39 Å². The van der Waals surface area contributed by atoms with Gasteiger partial charge in [-0.25, -0.2) is 4.39 Å². The molecule has 0 atom stereocenters. The van der Waals surface area contributed by atoms with Gasteiger partial charge in [0, 0.05) is 17.4 Å². The molecule has 1 heterocycles. The lowest BCUT2D eigenvalue weighted by Gasteiger charge is -2.22. The van der Waals surface area contributed by atoms with E-state index in [0.717, 1.165) is 17.6 Å². The lowest BCUT2D eigenvalue weighted by Crippen LogP contribution is -2.22. The molecule has 2 rings (SSSR count). The van der Waals surface area contributed by atoms with Crippen molar-refractivity contribution < 1.29 is 4.39 Å². The van der Waals surface area contributed by atoms with E-state index in [9.17, 15) is 4.39 Å². The number of nitrogens with one attached hydrogen (secondary N) is 1. The van der Waals surface area contributed by atoms with Crippen LogP contribution in [-0.4, -0.2) is 20.6 Å². The maximum absolute atomic E-state index is 13.5. The highest BCUT2D eigenvalue weighted by Gasteiger charge is 2.19. The van der Waals surface area contributed by atoms with Crippen LogP contribution in [0.25, 0.3) is 11.0 Å². The number of rotatable bonds is 3. The van der Waals surface area contributed by atoms with Gasteiger partial charge in [-0.05, 0) is 54.3 Å². The van der Waals surface area contributed by atoms with Crippen LogP contribution in [0, 0.1) is 10.6 Å². The molecule has 0 radical (unpaired) electrons. The highest BCUT2D eigenvalue weighted by Crippen LogP contribution is 2.28. The van der Waals surface area contributed by atoms with Gasteiger partial charge in [0.15, 0.2) is 4.77 Å². The van der Waals surface area contributed by atoms with Gasteiger partial charge in [-0.1, -0.05) is 0 Å². The molecule has 0 saturated heterocycles. The fraction of sp³-hybridized carbons (Fsp3) is 0.417. The molecule has 0 fully saturated rings. The second-order valence-electron chi connectivity index (χ2n) is 4.76. The summed E-state index contributed by atoms with van der Waals surface area (Å²) in [5, 5.41) is 0. The van der Waals surface area contributed by atoms with Gasteiger partial charge in [0.25, 0.3) is 0 Å². The SMILES string of the molecule is CSC(C)(C)Cn1c(=S)[nH]c2cc(F)c(Br)cc21. The maximum atomic E-state index is 13.5. The second kappa shape index (κ2) is 4.98. The summed E-state index contributed by atoms with van der Waals surface area (Å²) in [7, 11) is 0. The van der Waals surface area contributed by atoms with Crippen molar-refractivity contribution in [2.75, 3.05) is 6.26 Å². The molecular weight excluding hydrogens is 335 g/mol. The number of hydrogen-bond donors (Lipinski definition) is 1. The van der Waals surface area contributed by atoms with E-state index in [0.29, 0.717) is 9.24 Å². The van der Waals surface area contributed by atoms with E-state index in [1.54, 1.807) is 17.8 Å². The minimum absolute atomic E-state index is 0.0776. The Bertz CT molecular complexity index is 645. The first-order valence-corrected chi connectivity index (χ1v) is 7.89. The first-order valence-electron chi connectivity index (χ1n) is 5.47. The Labute approximate surface area is 123 Å². The van der Waals surface area contributed by atoms with Crippen LogP contribution in [0.15, 0.2) is 16.6 Å². The van der Waals surface area contributed by atoms with Crippen molar-refractivity contribution in [2.45, 2.75) is 25.1 Å². The molecule has 0 spiro atoms. The topological polar surface area (TPSA) is 20.7 Å². The van der Waals surface area contributed by atoms with E-state index in [2.05, 4.69) is 41.0 Å². The Morgan fingerprint density at radius 2 is 2.17 bits per heavy atom. The number of hydrogen-bond acceptors (Lipinski definition) is 2. The lowest BCUT2D eigenvalue weighted by atomic mass is 10.2. The predicted octanol–water partition coefficient (Wildman–Crippen LogP) is 4.74. The van der Waals surface area contributed by atoms with Crippen LogP contribution in [0.5, 0.6) is 0 Å². The van der Waals surface area contributed by atoms with E-state index in [4.69, 9.17) is 12.2 Å². The first-order chi connectivity index (χ1) is 8.34. The van der Waals surface area contributed by atoms with Crippen LogP contribution in [-0.2, 0) is 6.54 Å². The standard InChI is InChI=1S/C12H14BrFN2S2/c1-12(2,18-3)6-16-10-4-7(13)8(14)5-9(10)15-11(16)17/h4-5H,6H2,1-3H3,(H,15,17). The fourth-order valence-electron chi connectivity index (χ4n) is 1.75. The third-order valence-corrected chi connectivity index (χ3v) is 5.07. The molecule has 1 aromatic heterocycles. The molecule has 1 N–H and O–H groups in total. The first kappa shape index (κ1) is 14.1. The Morgan fingerprint density at radius 1 is 1.50 bits per heavy atom. The molecule has 0 aliphatic heterocycles. The van der Waals surface area contributed by atoms with Crippen molar-refractivity contribution >= 4 is 50.9 Å². The zero-order valence-electron chi connectivity index (χ0n) is 10.4. The molecule has 98 valence electrons. The Hall–Kier alpha value is -0.330. The van der Waals surface area contributed by atoms with Crippen molar-refractivity contribution in [3.8, 4) is 0 Å². The van der Waals surface area contributed by atoms with Crippen LogP contribution >= 0.6 is 39.9 Å². The van der Waals surface area contributed by atoms with Gasteiger partial charge in [0.2, 0.25) is 0 Å². The highest BCUT2D eigenvalue weighted by atomic mass is 79.9. The predicted molar refractivity (Wildman–Crippen MR) is 82.4 cm³/mol. The Morgan fingerprint density at radius 3 is 2.78 bits per heavy atom.